The first-order valence-electron chi connectivity index (χ1n) is 7.42. The van der Waals surface area contributed by atoms with Crippen molar-refractivity contribution in [2.45, 2.75) is 13.1 Å². The van der Waals surface area contributed by atoms with Gasteiger partial charge in [-0.25, -0.2) is 0 Å². The van der Waals surface area contributed by atoms with Crippen molar-refractivity contribution < 1.29 is 4.74 Å². The fourth-order valence-electron chi connectivity index (χ4n) is 2.62. The molecule has 126 valence electrons. The maximum absolute atomic E-state index is 8.41. The van der Waals surface area contributed by atoms with Gasteiger partial charge in [0.2, 0.25) is 5.62 Å². The monoisotopic (exact) mass is 451 g/mol. The van der Waals surface area contributed by atoms with Crippen LogP contribution < -0.4 is 10.4 Å². The fraction of sp³-hybridized carbons (Fsp3) is 0.167. The Morgan fingerprint density at radius 3 is 2.29 bits per heavy atom. The van der Waals surface area contributed by atoms with Crippen molar-refractivity contribution in [3.8, 4) is 5.75 Å². The summed E-state index contributed by atoms with van der Waals surface area (Å²) >= 11 is 3.41. The van der Waals surface area contributed by atoms with E-state index in [1.807, 2.05) is 63.7 Å². The van der Waals surface area contributed by atoms with E-state index in [0.717, 1.165) is 21.3 Å². The van der Waals surface area contributed by atoms with Crippen molar-refractivity contribution in [1.29, 1.82) is 5.41 Å². The number of imidazole rings is 1. The van der Waals surface area contributed by atoms with Crippen LogP contribution in [0.25, 0.3) is 11.0 Å². The molecule has 1 heterocycles. The molecule has 0 saturated carbocycles. The highest BCUT2D eigenvalue weighted by Crippen LogP contribution is 2.17. The van der Waals surface area contributed by atoms with Crippen molar-refractivity contribution in [1.82, 2.24) is 9.13 Å². The third-order valence-electron chi connectivity index (χ3n) is 3.68. The minimum Gasteiger partial charge on any atom is -0.492 e. The summed E-state index contributed by atoms with van der Waals surface area (Å²) in [6.45, 7) is 5.54. The van der Waals surface area contributed by atoms with E-state index in [1.54, 1.807) is 0 Å². The molecule has 0 amide bonds. The zero-order chi connectivity index (χ0) is 16.2. The zero-order valence-electron chi connectivity index (χ0n) is 13.1. The Bertz CT molecular complexity index is 881. The van der Waals surface area contributed by atoms with Crippen molar-refractivity contribution >= 4 is 43.9 Å². The number of benzene rings is 2. The lowest BCUT2D eigenvalue weighted by Crippen LogP contribution is -2.26. The predicted molar refractivity (Wildman–Crippen MR) is 106 cm³/mol. The number of allylic oxidation sites excluding steroid dienone is 1. The number of rotatable bonds is 6. The Hall–Kier alpha value is -1.79. The van der Waals surface area contributed by atoms with E-state index in [4.69, 9.17) is 10.1 Å². The second-order valence-corrected chi connectivity index (χ2v) is 6.08. The third-order valence-corrected chi connectivity index (χ3v) is 4.21. The third kappa shape index (κ3) is 3.82. The number of hydrogen-bond acceptors (Lipinski definition) is 2. The maximum Gasteiger partial charge on any atom is 0.203 e. The summed E-state index contributed by atoms with van der Waals surface area (Å²) in [6.07, 6.45) is 1.81. The highest BCUT2D eigenvalue weighted by Gasteiger charge is 2.09. The lowest BCUT2D eigenvalue weighted by atomic mass is 10.3. The number of aromatic nitrogens is 2. The lowest BCUT2D eigenvalue weighted by Gasteiger charge is -2.08. The normalized spacial score (nSPS) is 10.4. The highest BCUT2D eigenvalue weighted by molar-refractivity contribution is 9.10. The van der Waals surface area contributed by atoms with Gasteiger partial charge in [-0.1, -0.05) is 34.1 Å². The van der Waals surface area contributed by atoms with Gasteiger partial charge in [-0.3, -0.25) is 5.41 Å². The summed E-state index contributed by atoms with van der Waals surface area (Å²) in [4.78, 5) is 0. The highest BCUT2D eigenvalue weighted by atomic mass is 79.9. The van der Waals surface area contributed by atoms with Crippen LogP contribution in [-0.2, 0) is 13.1 Å². The molecule has 0 bridgehead atoms. The molecule has 0 spiro atoms. The van der Waals surface area contributed by atoms with Crippen molar-refractivity contribution in [3.63, 3.8) is 0 Å². The molecule has 4 nitrogen and oxygen atoms in total. The summed E-state index contributed by atoms with van der Waals surface area (Å²) in [5.74, 6) is 0.829. The Kier molecular flexibility index (Phi) is 6.45. The van der Waals surface area contributed by atoms with Crippen LogP contribution in [0, 0.1) is 5.41 Å². The molecule has 0 aliphatic heterocycles. The summed E-state index contributed by atoms with van der Waals surface area (Å²) in [6, 6.07) is 15.8. The number of hydrogen-bond donors (Lipinski definition) is 1. The standard InChI is InChI=1S/C18H18BrN3O.BrH/c1-2-11-21-16-5-3-4-6-17(16)22(18(21)20)12-13-23-15-9-7-14(19)8-10-15;/h2-10,20H,1,11-13H2;1H. The second-order valence-electron chi connectivity index (χ2n) is 5.17. The predicted octanol–water partition coefficient (Wildman–Crippen LogP) is 4.53. The van der Waals surface area contributed by atoms with Crippen LogP contribution in [0.4, 0.5) is 0 Å². The van der Waals surface area contributed by atoms with Gasteiger partial charge < -0.3 is 13.9 Å². The van der Waals surface area contributed by atoms with Gasteiger partial charge in [-0.15, -0.1) is 23.6 Å². The van der Waals surface area contributed by atoms with E-state index in [1.165, 1.54) is 0 Å². The average molecular weight is 453 g/mol. The van der Waals surface area contributed by atoms with E-state index >= 15 is 0 Å². The van der Waals surface area contributed by atoms with Gasteiger partial charge in [0.15, 0.2) is 0 Å². The summed E-state index contributed by atoms with van der Waals surface area (Å²) < 4.78 is 10.7. The summed E-state index contributed by atoms with van der Waals surface area (Å²) in [5.41, 5.74) is 2.55. The molecule has 0 aliphatic rings. The summed E-state index contributed by atoms with van der Waals surface area (Å²) in [7, 11) is 0. The fourth-order valence-corrected chi connectivity index (χ4v) is 2.88. The number of para-hydroxylation sites is 2. The molecule has 0 unspecified atom stereocenters. The first kappa shape index (κ1) is 18.5. The molecule has 1 aromatic heterocycles. The van der Waals surface area contributed by atoms with Gasteiger partial charge in [-0.2, -0.15) is 0 Å². The Morgan fingerprint density at radius 2 is 1.67 bits per heavy atom. The molecule has 3 aromatic rings. The van der Waals surface area contributed by atoms with E-state index in [-0.39, 0.29) is 17.0 Å². The molecule has 1 N–H and O–H groups in total. The quantitative estimate of drug-likeness (QED) is 0.548. The van der Waals surface area contributed by atoms with Crippen LogP contribution in [0.2, 0.25) is 0 Å². The van der Waals surface area contributed by atoms with Crippen LogP contribution in [0.1, 0.15) is 0 Å². The van der Waals surface area contributed by atoms with Gasteiger partial charge >= 0.3 is 0 Å². The smallest absolute Gasteiger partial charge is 0.203 e. The Morgan fingerprint density at radius 1 is 1.04 bits per heavy atom. The first-order chi connectivity index (χ1) is 11.2. The van der Waals surface area contributed by atoms with Gasteiger partial charge in [0.05, 0.1) is 17.6 Å². The SMILES string of the molecule is Br.C=CCn1c(=N)n(CCOc2ccc(Br)cc2)c2ccccc21. The van der Waals surface area contributed by atoms with E-state index < -0.39 is 0 Å². The van der Waals surface area contributed by atoms with E-state index in [0.29, 0.717) is 25.3 Å². The van der Waals surface area contributed by atoms with Crippen LogP contribution >= 0.6 is 32.9 Å². The Balaban J connectivity index is 0.00000208. The van der Waals surface area contributed by atoms with Gasteiger partial charge in [0, 0.05) is 11.0 Å². The average Bonchev–Trinajstić information content (AvgIpc) is 2.83. The first-order valence-corrected chi connectivity index (χ1v) is 8.22. The van der Waals surface area contributed by atoms with E-state index in [2.05, 4.69) is 22.5 Å². The van der Waals surface area contributed by atoms with Crippen LogP contribution in [-0.4, -0.2) is 15.7 Å². The van der Waals surface area contributed by atoms with Crippen molar-refractivity contribution in [3.05, 3.63) is 71.3 Å². The minimum absolute atomic E-state index is 0. The van der Waals surface area contributed by atoms with E-state index in [9.17, 15) is 0 Å². The molecule has 0 saturated heterocycles. The molecule has 24 heavy (non-hydrogen) atoms. The molecule has 0 atom stereocenters. The molecule has 0 radical (unpaired) electrons. The molecule has 0 aliphatic carbocycles. The van der Waals surface area contributed by atoms with Crippen molar-refractivity contribution in [2.24, 2.45) is 0 Å². The number of halogens is 2. The molecular weight excluding hydrogens is 434 g/mol. The lowest BCUT2D eigenvalue weighted by molar-refractivity contribution is 0.296. The zero-order valence-corrected chi connectivity index (χ0v) is 16.4. The molecule has 6 heteroatoms. The van der Waals surface area contributed by atoms with Crippen LogP contribution in [0.3, 0.4) is 0 Å². The van der Waals surface area contributed by atoms with Crippen molar-refractivity contribution in [2.75, 3.05) is 6.61 Å². The van der Waals surface area contributed by atoms with Gasteiger partial charge in [-0.05, 0) is 36.4 Å². The topological polar surface area (TPSA) is 42.9 Å². The molecule has 0 fully saturated rings. The molecular formula is C18H19Br2N3O. The number of fused-ring (bicyclic) bond motifs is 1. The number of nitrogens with one attached hydrogen (secondary N) is 1. The van der Waals surface area contributed by atoms with Crippen LogP contribution in [0.15, 0.2) is 65.7 Å². The van der Waals surface area contributed by atoms with Gasteiger partial charge in [0.1, 0.15) is 12.4 Å². The number of ether oxygens (including phenoxy) is 1. The largest absolute Gasteiger partial charge is 0.492 e. The molecule has 2 aromatic carbocycles. The number of nitrogens with zero attached hydrogens (tertiary/aromatic N) is 2. The molecule has 3 rings (SSSR count). The maximum atomic E-state index is 8.41. The van der Waals surface area contributed by atoms with Crippen LogP contribution in [0.5, 0.6) is 5.75 Å². The van der Waals surface area contributed by atoms with Gasteiger partial charge in [0.25, 0.3) is 0 Å². The summed E-state index contributed by atoms with van der Waals surface area (Å²) in [5, 5.41) is 8.41. The second kappa shape index (κ2) is 8.35. The Labute approximate surface area is 159 Å². The minimum atomic E-state index is 0.